The van der Waals surface area contributed by atoms with Crippen LogP contribution in [-0.2, 0) is 0 Å². The Balaban J connectivity index is 2.87. The average molecular weight is 275 g/mol. The maximum absolute atomic E-state index is 12.4. The Morgan fingerprint density at radius 2 is 2.10 bits per heavy atom. The summed E-state index contributed by atoms with van der Waals surface area (Å²) in [5.74, 6) is 5.25. The molecule has 1 rings (SSSR count). The Labute approximate surface area is 120 Å². The molecule has 0 fully saturated rings. The van der Waals surface area contributed by atoms with Crippen molar-refractivity contribution in [1.29, 1.82) is 0 Å². The van der Waals surface area contributed by atoms with Crippen LogP contribution in [0.3, 0.4) is 0 Å². The first-order chi connectivity index (χ1) is 9.72. The first-order valence-electron chi connectivity index (χ1n) is 6.82. The average Bonchev–Trinajstić information content (AvgIpc) is 2.49. The lowest BCUT2D eigenvalue weighted by molar-refractivity contribution is 0.0719. The summed E-state index contributed by atoms with van der Waals surface area (Å²) in [6.45, 7) is 2.80. The SMILES string of the molecule is CCCCN(CCO)C(=O)c1cccc(C#CCO)c1. The fraction of sp³-hybridized carbons (Fsp3) is 0.438. The molecule has 1 amide bonds. The standard InChI is InChI=1S/C16H21NO3/c1-2-3-9-17(10-12-19)16(20)15-8-4-6-14(13-15)7-5-11-18/h4,6,8,13,18-19H,2-3,9-12H2,1H3. The predicted molar refractivity (Wildman–Crippen MR) is 78.3 cm³/mol. The normalized spacial score (nSPS) is 9.75. The van der Waals surface area contributed by atoms with E-state index in [-0.39, 0.29) is 19.1 Å². The molecule has 108 valence electrons. The number of aliphatic hydroxyl groups excluding tert-OH is 2. The molecule has 0 saturated carbocycles. The summed E-state index contributed by atoms with van der Waals surface area (Å²) in [4.78, 5) is 14.0. The van der Waals surface area contributed by atoms with Crippen LogP contribution in [0, 0.1) is 11.8 Å². The van der Waals surface area contributed by atoms with Crippen molar-refractivity contribution in [2.45, 2.75) is 19.8 Å². The minimum absolute atomic E-state index is 0.0422. The number of carbonyl (C=O) groups excluding carboxylic acids is 1. The molecule has 1 aromatic carbocycles. The quantitative estimate of drug-likeness (QED) is 0.769. The molecular formula is C16H21NO3. The largest absolute Gasteiger partial charge is 0.395 e. The van der Waals surface area contributed by atoms with Crippen molar-refractivity contribution in [2.24, 2.45) is 0 Å². The van der Waals surface area contributed by atoms with Crippen LogP contribution in [0.1, 0.15) is 35.7 Å². The number of hydrogen-bond acceptors (Lipinski definition) is 3. The first kappa shape index (κ1) is 16.2. The van der Waals surface area contributed by atoms with Gasteiger partial charge >= 0.3 is 0 Å². The van der Waals surface area contributed by atoms with Crippen LogP contribution in [0.15, 0.2) is 24.3 Å². The molecule has 0 spiro atoms. The van der Waals surface area contributed by atoms with E-state index in [0.717, 1.165) is 12.8 Å². The second kappa shape index (κ2) is 9.13. The maximum atomic E-state index is 12.4. The number of benzene rings is 1. The van der Waals surface area contributed by atoms with Gasteiger partial charge < -0.3 is 15.1 Å². The van der Waals surface area contributed by atoms with E-state index in [1.807, 2.05) is 0 Å². The molecular weight excluding hydrogens is 254 g/mol. The van der Waals surface area contributed by atoms with Crippen molar-refractivity contribution in [3.05, 3.63) is 35.4 Å². The third-order valence-corrected chi connectivity index (χ3v) is 2.86. The highest BCUT2D eigenvalue weighted by molar-refractivity contribution is 5.94. The number of hydrogen-bond donors (Lipinski definition) is 2. The van der Waals surface area contributed by atoms with Gasteiger partial charge in [0.25, 0.3) is 5.91 Å². The molecule has 0 aromatic heterocycles. The van der Waals surface area contributed by atoms with Crippen LogP contribution in [-0.4, -0.2) is 47.3 Å². The molecule has 0 aliphatic heterocycles. The van der Waals surface area contributed by atoms with E-state index in [4.69, 9.17) is 10.2 Å². The number of carbonyl (C=O) groups is 1. The van der Waals surface area contributed by atoms with Crippen LogP contribution in [0.2, 0.25) is 0 Å². The van der Waals surface area contributed by atoms with Gasteiger partial charge in [-0.05, 0) is 24.6 Å². The molecule has 0 unspecified atom stereocenters. The number of nitrogens with zero attached hydrogens (tertiary/aromatic N) is 1. The Hall–Kier alpha value is -1.83. The smallest absolute Gasteiger partial charge is 0.253 e. The summed E-state index contributed by atoms with van der Waals surface area (Å²) in [6, 6.07) is 7.01. The lowest BCUT2D eigenvalue weighted by Crippen LogP contribution is -2.34. The molecule has 0 atom stereocenters. The van der Waals surface area contributed by atoms with Crippen LogP contribution in [0.4, 0.5) is 0 Å². The van der Waals surface area contributed by atoms with Crippen molar-refractivity contribution in [3.8, 4) is 11.8 Å². The van der Waals surface area contributed by atoms with E-state index < -0.39 is 0 Å². The second-order valence-electron chi connectivity index (χ2n) is 4.41. The van der Waals surface area contributed by atoms with E-state index in [1.54, 1.807) is 29.2 Å². The van der Waals surface area contributed by atoms with Gasteiger partial charge in [0.15, 0.2) is 0 Å². The highest BCUT2D eigenvalue weighted by Crippen LogP contribution is 2.09. The zero-order chi connectivity index (χ0) is 14.8. The molecule has 1 aromatic rings. The van der Waals surface area contributed by atoms with E-state index in [9.17, 15) is 4.79 Å². The topological polar surface area (TPSA) is 60.8 Å². The molecule has 0 radical (unpaired) electrons. The number of aliphatic hydroxyl groups is 2. The van der Waals surface area contributed by atoms with E-state index >= 15 is 0 Å². The van der Waals surface area contributed by atoms with Crippen molar-refractivity contribution in [1.82, 2.24) is 4.90 Å². The Bertz CT molecular complexity index is 488. The molecule has 0 aliphatic rings. The molecule has 20 heavy (non-hydrogen) atoms. The maximum Gasteiger partial charge on any atom is 0.253 e. The fourth-order valence-corrected chi connectivity index (χ4v) is 1.84. The highest BCUT2D eigenvalue weighted by atomic mass is 16.3. The second-order valence-corrected chi connectivity index (χ2v) is 4.41. The molecule has 2 N–H and O–H groups in total. The summed E-state index contributed by atoms with van der Waals surface area (Å²) >= 11 is 0. The van der Waals surface area contributed by atoms with E-state index in [2.05, 4.69) is 18.8 Å². The number of amides is 1. The minimum atomic E-state index is -0.203. The van der Waals surface area contributed by atoms with E-state index in [0.29, 0.717) is 24.2 Å². The van der Waals surface area contributed by atoms with Gasteiger partial charge in [-0.3, -0.25) is 4.79 Å². The van der Waals surface area contributed by atoms with Gasteiger partial charge in [0.1, 0.15) is 6.61 Å². The van der Waals surface area contributed by atoms with E-state index in [1.165, 1.54) is 0 Å². The van der Waals surface area contributed by atoms with Crippen molar-refractivity contribution >= 4 is 5.91 Å². The molecule has 0 saturated heterocycles. The van der Waals surface area contributed by atoms with Gasteiger partial charge in [-0.1, -0.05) is 31.3 Å². The minimum Gasteiger partial charge on any atom is -0.395 e. The highest BCUT2D eigenvalue weighted by Gasteiger charge is 2.14. The zero-order valence-corrected chi connectivity index (χ0v) is 11.8. The van der Waals surface area contributed by atoms with Gasteiger partial charge in [-0.2, -0.15) is 0 Å². The molecule has 0 heterocycles. The van der Waals surface area contributed by atoms with Crippen molar-refractivity contribution < 1.29 is 15.0 Å². The predicted octanol–water partition coefficient (Wildman–Crippen LogP) is 1.27. The molecule has 4 nitrogen and oxygen atoms in total. The lowest BCUT2D eigenvalue weighted by Gasteiger charge is -2.21. The van der Waals surface area contributed by atoms with Gasteiger partial charge in [0.05, 0.1) is 6.61 Å². The molecule has 0 bridgehead atoms. The number of rotatable bonds is 6. The van der Waals surface area contributed by atoms with Gasteiger partial charge in [-0.15, -0.1) is 0 Å². The first-order valence-corrected chi connectivity index (χ1v) is 6.82. The molecule has 4 heteroatoms. The van der Waals surface area contributed by atoms with Gasteiger partial charge in [0.2, 0.25) is 0 Å². The number of unbranched alkanes of at least 4 members (excludes halogenated alkanes) is 1. The Kier molecular flexibility index (Phi) is 7.41. The monoisotopic (exact) mass is 275 g/mol. The van der Waals surface area contributed by atoms with Crippen LogP contribution in [0.5, 0.6) is 0 Å². The summed E-state index contributed by atoms with van der Waals surface area (Å²) in [5.41, 5.74) is 1.25. The lowest BCUT2D eigenvalue weighted by atomic mass is 10.1. The van der Waals surface area contributed by atoms with Crippen LogP contribution >= 0.6 is 0 Å². The fourth-order valence-electron chi connectivity index (χ4n) is 1.84. The zero-order valence-electron chi connectivity index (χ0n) is 11.8. The van der Waals surface area contributed by atoms with Crippen molar-refractivity contribution in [2.75, 3.05) is 26.3 Å². The summed E-state index contributed by atoms with van der Waals surface area (Å²) in [5, 5.41) is 17.7. The van der Waals surface area contributed by atoms with Crippen molar-refractivity contribution in [3.63, 3.8) is 0 Å². The summed E-state index contributed by atoms with van der Waals surface area (Å²) in [7, 11) is 0. The van der Waals surface area contributed by atoms with Crippen LogP contribution in [0.25, 0.3) is 0 Å². The molecule has 0 aliphatic carbocycles. The third kappa shape index (κ3) is 5.04. The van der Waals surface area contributed by atoms with Gasteiger partial charge in [-0.25, -0.2) is 0 Å². The third-order valence-electron chi connectivity index (χ3n) is 2.86. The Morgan fingerprint density at radius 1 is 1.30 bits per heavy atom. The van der Waals surface area contributed by atoms with Gasteiger partial charge in [0, 0.05) is 24.2 Å². The summed E-state index contributed by atoms with van der Waals surface area (Å²) in [6.07, 6.45) is 1.91. The summed E-state index contributed by atoms with van der Waals surface area (Å²) < 4.78 is 0. The van der Waals surface area contributed by atoms with Crippen LogP contribution < -0.4 is 0 Å². The Morgan fingerprint density at radius 3 is 2.75 bits per heavy atom.